The highest BCUT2D eigenvalue weighted by atomic mass is 32.2. The smallest absolute Gasteiger partial charge is 0.285 e. The summed E-state index contributed by atoms with van der Waals surface area (Å²) in [6.45, 7) is -0.921. The standard InChI is InChI=1S/C12H12O9S3/c13-22(14,15)8-7-21-24(19,20)12-10-4-2-1-3-9(10)5-6-11(12)23(16,17)18/h1-6H,7-8H2,(H,13,14,15)(H,16,17,18). The quantitative estimate of drug-likeness (QED) is 0.530. The summed E-state index contributed by atoms with van der Waals surface area (Å²) < 4.78 is 91.2. The van der Waals surface area contributed by atoms with Crippen molar-refractivity contribution in [1.29, 1.82) is 0 Å². The first kappa shape index (κ1) is 18.8. The zero-order valence-electron chi connectivity index (χ0n) is 11.9. The summed E-state index contributed by atoms with van der Waals surface area (Å²) in [6.07, 6.45) is 0. The molecule has 0 amide bonds. The highest BCUT2D eigenvalue weighted by Crippen LogP contribution is 2.31. The van der Waals surface area contributed by atoms with E-state index < -0.39 is 52.5 Å². The molecule has 0 aliphatic carbocycles. The Morgan fingerprint density at radius 1 is 0.875 bits per heavy atom. The van der Waals surface area contributed by atoms with Crippen LogP contribution in [0.15, 0.2) is 46.2 Å². The van der Waals surface area contributed by atoms with Crippen molar-refractivity contribution in [2.24, 2.45) is 0 Å². The lowest BCUT2D eigenvalue weighted by Crippen LogP contribution is -2.17. The van der Waals surface area contributed by atoms with E-state index >= 15 is 0 Å². The molecule has 2 N–H and O–H groups in total. The van der Waals surface area contributed by atoms with Gasteiger partial charge in [0.15, 0.2) is 0 Å². The van der Waals surface area contributed by atoms with Crippen LogP contribution in [0.25, 0.3) is 10.8 Å². The van der Waals surface area contributed by atoms with E-state index in [0.29, 0.717) is 5.39 Å². The summed E-state index contributed by atoms with van der Waals surface area (Å²) in [7, 11) is -14.1. The molecule has 132 valence electrons. The molecule has 9 nitrogen and oxygen atoms in total. The Hall–Kier alpha value is -1.57. The highest BCUT2D eigenvalue weighted by molar-refractivity contribution is 7.89. The molecule has 0 spiro atoms. The fraction of sp³-hybridized carbons (Fsp3) is 0.167. The number of hydrogen-bond acceptors (Lipinski definition) is 7. The van der Waals surface area contributed by atoms with Gasteiger partial charge in [-0.3, -0.25) is 13.3 Å². The van der Waals surface area contributed by atoms with E-state index in [1.54, 1.807) is 6.07 Å². The molecule has 0 bridgehead atoms. The second kappa shape index (κ2) is 6.38. The predicted molar refractivity (Wildman–Crippen MR) is 83.3 cm³/mol. The predicted octanol–water partition coefficient (Wildman–Crippen LogP) is 0.680. The number of hydrogen-bond donors (Lipinski definition) is 2. The highest BCUT2D eigenvalue weighted by Gasteiger charge is 2.29. The van der Waals surface area contributed by atoms with Gasteiger partial charge >= 0.3 is 0 Å². The SMILES string of the molecule is O=S(=O)(O)CCOS(=O)(=O)c1c(S(=O)(=O)O)ccc2ccccc12. The third kappa shape index (κ3) is 4.28. The van der Waals surface area contributed by atoms with Gasteiger partial charge in [0.1, 0.15) is 15.5 Å². The van der Waals surface area contributed by atoms with Crippen LogP contribution in [-0.2, 0) is 34.5 Å². The molecule has 24 heavy (non-hydrogen) atoms. The van der Waals surface area contributed by atoms with E-state index in [4.69, 9.17) is 4.55 Å². The maximum absolute atomic E-state index is 12.3. The fourth-order valence-corrected chi connectivity index (χ4v) is 4.79. The fourth-order valence-electron chi connectivity index (χ4n) is 1.99. The van der Waals surface area contributed by atoms with Gasteiger partial charge in [0.05, 0.1) is 6.61 Å². The van der Waals surface area contributed by atoms with Crippen LogP contribution in [-0.4, -0.2) is 46.7 Å². The van der Waals surface area contributed by atoms with Crippen molar-refractivity contribution >= 4 is 41.1 Å². The first-order chi connectivity index (χ1) is 10.9. The van der Waals surface area contributed by atoms with Gasteiger partial charge in [-0.1, -0.05) is 30.3 Å². The first-order valence-corrected chi connectivity index (χ1v) is 10.7. The average molecular weight is 396 g/mol. The third-order valence-corrected chi connectivity index (χ3v) is 6.08. The van der Waals surface area contributed by atoms with Crippen molar-refractivity contribution in [1.82, 2.24) is 0 Å². The minimum Gasteiger partial charge on any atom is -0.285 e. The molecule has 2 aromatic rings. The van der Waals surface area contributed by atoms with Crippen LogP contribution in [0.3, 0.4) is 0 Å². The van der Waals surface area contributed by atoms with Crippen LogP contribution < -0.4 is 0 Å². The van der Waals surface area contributed by atoms with Crippen LogP contribution in [0.5, 0.6) is 0 Å². The van der Waals surface area contributed by atoms with Crippen LogP contribution in [0.1, 0.15) is 0 Å². The lowest BCUT2D eigenvalue weighted by Gasteiger charge is -2.12. The van der Waals surface area contributed by atoms with Gasteiger partial charge in [0, 0.05) is 5.39 Å². The molecular formula is C12H12O9S3. The maximum Gasteiger partial charge on any atom is 0.299 e. The Kier molecular flexibility index (Phi) is 4.99. The molecule has 0 aliphatic rings. The number of fused-ring (bicyclic) bond motifs is 1. The van der Waals surface area contributed by atoms with Crippen molar-refractivity contribution in [2.45, 2.75) is 9.79 Å². The average Bonchev–Trinajstić information content (AvgIpc) is 2.43. The first-order valence-electron chi connectivity index (χ1n) is 6.26. The lowest BCUT2D eigenvalue weighted by molar-refractivity contribution is 0.333. The Morgan fingerprint density at radius 3 is 2.08 bits per heavy atom. The van der Waals surface area contributed by atoms with Gasteiger partial charge in [-0.15, -0.1) is 0 Å². The largest absolute Gasteiger partial charge is 0.299 e. The van der Waals surface area contributed by atoms with Gasteiger partial charge < -0.3 is 0 Å². The Bertz CT molecular complexity index is 1080. The molecule has 0 aliphatic heterocycles. The van der Waals surface area contributed by atoms with E-state index in [1.807, 2.05) is 0 Å². The summed E-state index contributed by atoms with van der Waals surface area (Å²) in [4.78, 5) is -1.70. The van der Waals surface area contributed by atoms with Gasteiger partial charge in [0.25, 0.3) is 30.4 Å². The van der Waals surface area contributed by atoms with Crippen LogP contribution in [0.4, 0.5) is 0 Å². The second-order valence-corrected chi connectivity index (χ2v) is 9.17. The molecule has 2 aromatic carbocycles. The van der Waals surface area contributed by atoms with Gasteiger partial charge in [-0.05, 0) is 11.5 Å². The molecule has 0 radical (unpaired) electrons. The minimum absolute atomic E-state index is 0.0283. The zero-order chi connectivity index (χ0) is 18.2. The molecule has 12 heteroatoms. The van der Waals surface area contributed by atoms with Crippen molar-refractivity contribution in [2.75, 3.05) is 12.4 Å². The second-order valence-electron chi connectivity index (χ2n) is 4.65. The maximum atomic E-state index is 12.3. The summed E-state index contributed by atoms with van der Waals surface area (Å²) in [5, 5.41) is 0.335. The summed E-state index contributed by atoms with van der Waals surface area (Å²) in [5.41, 5.74) is 0. The van der Waals surface area contributed by atoms with E-state index in [1.165, 1.54) is 24.3 Å². The van der Waals surface area contributed by atoms with Crippen molar-refractivity contribution in [3.8, 4) is 0 Å². The molecular weight excluding hydrogens is 384 g/mol. The Morgan fingerprint density at radius 2 is 1.50 bits per heavy atom. The molecule has 0 aromatic heterocycles. The molecule has 0 atom stereocenters. The van der Waals surface area contributed by atoms with Crippen LogP contribution in [0, 0.1) is 0 Å². The van der Waals surface area contributed by atoms with E-state index in [9.17, 15) is 29.8 Å². The van der Waals surface area contributed by atoms with Crippen molar-refractivity contribution in [3.63, 3.8) is 0 Å². The van der Waals surface area contributed by atoms with E-state index in [-0.39, 0.29) is 5.39 Å². The summed E-state index contributed by atoms with van der Waals surface area (Å²) in [5.74, 6) is -1.00. The van der Waals surface area contributed by atoms with E-state index in [0.717, 1.165) is 6.07 Å². The van der Waals surface area contributed by atoms with Crippen LogP contribution in [0.2, 0.25) is 0 Å². The molecule has 0 saturated heterocycles. The lowest BCUT2D eigenvalue weighted by atomic mass is 10.1. The molecule has 2 rings (SSSR count). The molecule has 0 saturated carbocycles. The minimum atomic E-state index is -4.89. The molecule has 0 heterocycles. The van der Waals surface area contributed by atoms with E-state index in [2.05, 4.69) is 4.18 Å². The van der Waals surface area contributed by atoms with Gasteiger partial charge in [-0.2, -0.15) is 25.3 Å². The van der Waals surface area contributed by atoms with Gasteiger partial charge in [0.2, 0.25) is 0 Å². The van der Waals surface area contributed by atoms with Crippen molar-refractivity contribution in [3.05, 3.63) is 36.4 Å². The van der Waals surface area contributed by atoms with Gasteiger partial charge in [-0.25, -0.2) is 0 Å². The Balaban J connectivity index is 2.64. The normalized spacial score (nSPS) is 13.2. The van der Waals surface area contributed by atoms with Crippen LogP contribution >= 0.6 is 0 Å². The topological polar surface area (TPSA) is 152 Å². The summed E-state index contributed by atoms with van der Waals surface area (Å²) in [6, 6.07) is 8.06. The number of rotatable bonds is 6. The Labute approximate surface area is 138 Å². The number of benzene rings is 2. The third-order valence-electron chi connectivity index (χ3n) is 2.95. The monoisotopic (exact) mass is 396 g/mol. The molecule has 0 fully saturated rings. The molecule has 0 unspecified atom stereocenters. The van der Waals surface area contributed by atoms with Crippen molar-refractivity contribution < 1.29 is 38.5 Å². The zero-order valence-corrected chi connectivity index (χ0v) is 14.3. The summed E-state index contributed by atoms with van der Waals surface area (Å²) >= 11 is 0.